The number of rotatable bonds is 13. The molecular formula is C31H37FN4O4S. The van der Waals surface area contributed by atoms with Crippen LogP contribution in [0.5, 0.6) is 0 Å². The van der Waals surface area contributed by atoms with Gasteiger partial charge in [0.25, 0.3) is 5.91 Å². The Morgan fingerprint density at radius 2 is 1.93 bits per heavy atom. The molecule has 1 fully saturated rings. The van der Waals surface area contributed by atoms with Gasteiger partial charge >= 0.3 is 5.97 Å². The molecule has 1 saturated heterocycles. The van der Waals surface area contributed by atoms with E-state index in [1.165, 1.54) is 12.1 Å². The van der Waals surface area contributed by atoms with Crippen molar-refractivity contribution >= 4 is 35.3 Å². The third-order valence-electron chi connectivity index (χ3n) is 7.28. The minimum absolute atomic E-state index is 0.0648. The molecule has 0 saturated carbocycles. The smallest absolute Gasteiger partial charge is 0.326 e. The first-order valence-corrected chi connectivity index (χ1v) is 15.0. The van der Waals surface area contributed by atoms with Crippen LogP contribution in [0.2, 0.25) is 0 Å². The maximum Gasteiger partial charge on any atom is 0.326 e. The van der Waals surface area contributed by atoms with Gasteiger partial charge in [-0.3, -0.25) is 9.69 Å². The third-order valence-corrected chi connectivity index (χ3v) is 8.54. The Morgan fingerprint density at radius 1 is 1.17 bits per heavy atom. The van der Waals surface area contributed by atoms with Crippen LogP contribution in [-0.4, -0.2) is 81.8 Å². The van der Waals surface area contributed by atoms with Crippen molar-refractivity contribution in [2.45, 2.75) is 31.2 Å². The fourth-order valence-corrected chi connectivity index (χ4v) is 5.93. The van der Waals surface area contributed by atoms with Gasteiger partial charge in [0.1, 0.15) is 11.9 Å². The highest BCUT2D eigenvalue weighted by Gasteiger charge is 2.28. The maximum absolute atomic E-state index is 13.6. The topological polar surface area (TPSA) is 96.7 Å². The van der Waals surface area contributed by atoms with Crippen molar-refractivity contribution < 1.29 is 23.8 Å². The van der Waals surface area contributed by atoms with Gasteiger partial charge in [0, 0.05) is 49.4 Å². The van der Waals surface area contributed by atoms with Crippen LogP contribution >= 0.6 is 11.8 Å². The number of carboxylic acid groups (broad SMARTS) is 1. The van der Waals surface area contributed by atoms with Crippen LogP contribution in [0.15, 0.2) is 67.3 Å². The molecule has 0 radical (unpaired) electrons. The second-order valence-corrected chi connectivity index (χ2v) is 11.4. The molecule has 2 aromatic carbocycles. The number of carbonyl (C=O) groups excluding carboxylic acids is 1. The summed E-state index contributed by atoms with van der Waals surface area (Å²) in [5.74, 6) is -1.56. The first-order valence-electron chi connectivity index (χ1n) is 13.7. The Morgan fingerprint density at radius 3 is 2.59 bits per heavy atom. The number of carboxylic acids is 1. The van der Waals surface area contributed by atoms with Crippen molar-refractivity contribution in [2.75, 3.05) is 39.1 Å². The second-order valence-electron chi connectivity index (χ2n) is 10.3. The summed E-state index contributed by atoms with van der Waals surface area (Å²) < 4.78 is 20.9. The van der Waals surface area contributed by atoms with Gasteiger partial charge in [0.15, 0.2) is 0 Å². The fourth-order valence-electron chi connectivity index (χ4n) is 5.00. The number of nitrogens with zero attached hydrogens (tertiary/aromatic N) is 3. The minimum Gasteiger partial charge on any atom is -0.480 e. The Bertz CT molecular complexity index is 1310. The minimum atomic E-state index is -1.05. The lowest BCUT2D eigenvalue weighted by atomic mass is 9.99. The summed E-state index contributed by atoms with van der Waals surface area (Å²) >= 11 is 1.63. The van der Waals surface area contributed by atoms with Gasteiger partial charge in [-0.2, -0.15) is 11.8 Å². The highest BCUT2D eigenvalue weighted by molar-refractivity contribution is 7.99. The number of thioether (sulfide) groups is 1. The van der Waals surface area contributed by atoms with Crippen LogP contribution in [0.4, 0.5) is 4.39 Å². The molecule has 8 nitrogen and oxygen atoms in total. The average molecular weight is 581 g/mol. The lowest BCUT2D eigenvalue weighted by Crippen LogP contribution is -2.45. The SMILES string of the molecule is CSC(C[C@H](NC(=O)c1cccc(C=C(Cn2ccnc2)c2ccc(F)cc2)c1)C(=O)O)C(C)CN1CCOCC1. The van der Waals surface area contributed by atoms with Crippen molar-refractivity contribution in [3.05, 3.63) is 89.8 Å². The lowest BCUT2D eigenvalue weighted by Gasteiger charge is -2.32. The highest BCUT2D eigenvalue weighted by atomic mass is 32.2. The first-order chi connectivity index (χ1) is 19.8. The van der Waals surface area contributed by atoms with E-state index in [1.54, 1.807) is 54.6 Å². The number of morpholine rings is 1. The number of imidazole rings is 1. The number of nitrogens with one attached hydrogen (secondary N) is 1. The zero-order valence-corrected chi connectivity index (χ0v) is 24.2. The summed E-state index contributed by atoms with van der Waals surface area (Å²) in [5.41, 5.74) is 2.88. The Labute approximate surface area is 244 Å². The van der Waals surface area contributed by atoms with Gasteiger partial charge in [0.05, 0.1) is 19.5 Å². The molecule has 1 amide bonds. The van der Waals surface area contributed by atoms with Crippen molar-refractivity contribution in [3.8, 4) is 0 Å². The van der Waals surface area contributed by atoms with Gasteiger partial charge < -0.3 is 19.7 Å². The van der Waals surface area contributed by atoms with Crippen LogP contribution in [0.1, 0.15) is 34.8 Å². The van der Waals surface area contributed by atoms with E-state index in [1.807, 2.05) is 29.2 Å². The maximum atomic E-state index is 13.6. The zero-order valence-electron chi connectivity index (χ0n) is 23.4. The molecule has 1 aromatic heterocycles. The number of hydrogen-bond donors (Lipinski definition) is 2. The molecule has 10 heteroatoms. The van der Waals surface area contributed by atoms with E-state index in [0.29, 0.717) is 31.7 Å². The number of amides is 1. The van der Waals surface area contributed by atoms with E-state index in [-0.39, 0.29) is 17.0 Å². The Balaban J connectivity index is 1.48. The quantitative estimate of drug-likeness (QED) is 0.287. The molecule has 4 rings (SSSR count). The fraction of sp³-hybridized carbons (Fsp3) is 0.387. The molecule has 0 aliphatic carbocycles. The first kappa shape index (κ1) is 30.5. The molecule has 0 bridgehead atoms. The van der Waals surface area contributed by atoms with Crippen molar-refractivity contribution in [1.29, 1.82) is 0 Å². The van der Waals surface area contributed by atoms with Gasteiger partial charge in [-0.25, -0.2) is 14.2 Å². The van der Waals surface area contributed by atoms with Crippen LogP contribution in [0, 0.1) is 11.7 Å². The zero-order chi connectivity index (χ0) is 29.2. The van der Waals surface area contributed by atoms with Crippen LogP contribution in [-0.2, 0) is 16.1 Å². The van der Waals surface area contributed by atoms with E-state index < -0.39 is 17.9 Å². The number of hydrogen-bond acceptors (Lipinski definition) is 6. The second kappa shape index (κ2) is 15.0. The number of allylic oxidation sites excluding steroid dienone is 1. The molecule has 41 heavy (non-hydrogen) atoms. The number of aromatic nitrogens is 2. The van der Waals surface area contributed by atoms with Crippen LogP contribution in [0.3, 0.4) is 0 Å². The molecule has 218 valence electrons. The predicted molar refractivity (Wildman–Crippen MR) is 160 cm³/mol. The van der Waals surface area contributed by atoms with Crippen molar-refractivity contribution in [3.63, 3.8) is 0 Å². The van der Waals surface area contributed by atoms with Gasteiger partial charge in [-0.05, 0) is 65.6 Å². The molecule has 2 unspecified atom stereocenters. The monoisotopic (exact) mass is 580 g/mol. The number of carbonyl (C=O) groups is 2. The summed E-state index contributed by atoms with van der Waals surface area (Å²) in [6.07, 6.45) is 9.49. The highest BCUT2D eigenvalue weighted by Crippen LogP contribution is 2.25. The summed E-state index contributed by atoms with van der Waals surface area (Å²) in [7, 11) is 0. The summed E-state index contributed by atoms with van der Waals surface area (Å²) in [6.45, 7) is 6.68. The standard InChI is InChI=1S/C31H37FN4O4S/c1-22(19-35-12-14-40-15-13-35)29(41-2)18-28(31(38)39)34-30(37)25-5-3-4-23(16-25)17-26(20-36-11-10-33-21-36)24-6-8-27(32)9-7-24/h3-11,16-17,21-22,28-29H,12-15,18-20H2,1-2H3,(H,34,37)(H,38,39)/t22?,28-,29?/m0/s1. The number of aliphatic carboxylic acids is 1. The van der Waals surface area contributed by atoms with Crippen LogP contribution < -0.4 is 5.32 Å². The molecule has 2 heterocycles. The Hall–Kier alpha value is -3.47. The van der Waals surface area contributed by atoms with E-state index in [2.05, 4.69) is 22.1 Å². The normalized spacial score (nSPS) is 16.6. The van der Waals surface area contributed by atoms with Gasteiger partial charge in [-0.1, -0.05) is 31.2 Å². The van der Waals surface area contributed by atoms with E-state index >= 15 is 0 Å². The third kappa shape index (κ3) is 9.01. The average Bonchev–Trinajstić information content (AvgIpc) is 3.49. The van der Waals surface area contributed by atoms with E-state index in [4.69, 9.17) is 4.74 Å². The summed E-state index contributed by atoms with van der Waals surface area (Å²) in [6, 6.07) is 12.3. The largest absolute Gasteiger partial charge is 0.480 e. The van der Waals surface area contributed by atoms with E-state index in [9.17, 15) is 19.1 Å². The van der Waals surface area contributed by atoms with Crippen molar-refractivity contribution in [1.82, 2.24) is 19.8 Å². The van der Waals surface area contributed by atoms with Gasteiger partial charge in [0.2, 0.25) is 0 Å². The molecule has 3 aromatic rings. The number of benzene rings is 2. The van der Waals surface area contributed by atoms with E-state index in [0.717, 1.165) is 36.3 Å². The number of ether oxygens (including phenoxy) is 1. The molecule has 0 spiro atoms. The molecular weight excluding hydrogens is 543 g/mol. The molecule has 1 aliphatic rings. The molecule has 1 aliphatic heterocycles. The lowest BCUT2D eigenvalue weighted by molar-refractivity contribution is -0.139. The predicted octanol–water partition coefficient (Wildman–Crippen LogP) is 4.54. The van der Waals surface area contributed by atoms with Crippen molar-refractivity contribution in [2.24, 2.45) is 5.92 Å². The molecule has 2 N–H and O–H groups in total. The summed E-state index contributed by atoms with van der Waals surface area (Å²) in [5, 5.41) is 12.8. The number of halogens is 1. The van der Waals surface area contributed by atoms with Gasteiger partial charge in [-0.15, -0.1) is 0 Å². The molecule has 3 atom stereocenters. The van der Waals surface area contributed by atoms with Crippen LogP contribution in [0.25, 0.3) is 11.6 Å². The summed E-state index contributed by atoms with van der Waals surface area (Å²) in [4.78, 5) is 31.9. The Kier molecular flexibility index (Phi) is 11.1.